The second kappa shape index (κ2) is 9.80. The third-order valence-electron chi connectivity index (χ3n) is 4.69. The molecule has 0 aliphatic carbocycles. The number of carbonyl (C=O) groups is 2. The van der Waals surface area contributed by atoms with E-state index in [9.17, 15) is 9.59 Å². The number of hydrogen-bond acceptors (Lipinski definition) is 5. The molecule has 0 radical (unpaired) electrons. The normalized spacial score (nSPS) is 14.7. The van der Waals surface area contributed by atoms with Gasteiger partial charge in [-0.25, -0.2) is 0 Å². The number of thiocarbonyl (C=S) groups is 1. The highest BCUT2D eigenvalue weighted by atomic mass is 32.2. The molecule has 0 spiro atoms. The van der Waals surface area contributed by atoms with E-state index in [-0.39, 0.29) is 18.4 Å². The van der Waals surface area contributed by atoms with E-state index in [1.165, 1.54) is 16.7 Å². The van der Waals surface area contributed by atoms with Gasteiger partial charge in [0.25, 0.3) is 11.8 Å². The molecule has 3 aromatic rings. The van der Waals surface area contributed by atoms with Crippen LogP contribution in [-0.4, -0.2) is 22.7 Å². The van der Waals surface area contributed by atoms with Crippen LogP contribution in [-0.2, 0) is 9.59 Å². The summed E-state index contributed by atoms with van der Waals surface area (Å²) < 4.78 is 6.07. The van der Waals surface area contributed by atoms with Crippen molar-refractivity contribution in [1.82, 2.24) is 0 Å². The van der Waals surface area contributed by atoms with Gasteiger partial charge in [-0.1, -0.05) is 72.0 Å². The molecule has 7 heteroatoms. The molecule has 0 bridgehead atoms. The molecule has 32 heavy (non-hydrogen) atoms. The molecule has 0 atom stereocenters. The number of hydrogen-bond donors (Lipinski definition) is 1. The summed E-state index contributed by atoms with van der Waals surface area (Å²) in [6.07, 6.45) is 1.80. The first kappa shape index (κ1) is 21.8. The Morgan fingerprint density at radius 1 is 1.03 bits per heavy atom. The Balaban J connectivity index is 1.36. The number of anilines is 2. The average molecular weight is 461 g/mol. The molecule has 5 nitrogen and oxygen atoms in total. The maximum Gasteiger partial charge on any atom is 0.270 e. The van der Waals surface area contributed by atoms with Crippen molar-refractivity contribution in [3.8, 4) is 5.75 Å². The Kier molecular flexibility index (Phi) is 6.68. The van der Waals surface area contributed by atoms with Crippen molar-refractivity contribution in [3.05, 3.63) is 94.9 Å². The summed E-state index contributed by atoms with van der Waals surface area (Å²) in [6, 6.07) is 24.1. The van der Waals surface area contributed by atoms with E-state index in [1.54, 1.807) is 18.2 Å². The molecule has 1 N–H and O–H groups in total. The van der Waals surface area contributed by atoms with Crippen molar-refractivity contribution >= 4 is 57.6 Å². The number of ether oxygens (including phenoxy) is 1. The molecule has 1 heterocycles. The van der Waals surface area contributed by atoms with Crippen molar-refractivity contribution in [2.45, 2.75) is 6.92 Å². The molecule has 1 saturated heterocycles. The number of carbonyl (C=O) groups excluding carboxylic acids is 2. The summed E-state index contributed by atoms with van der Waals surface area (Å²) in [4.78, 5) is 27.0. The summed E-state index contributed by atoms with van der Waals surface area (Å²) >= 11 is 6.67. The quantitative estimate of drug-likeness (QED) is 0.393. The molecular formula is C25H20N2O3S2. The first-order valence-electron chi connectivity index (χ1n) is 9.92. The van der Waals surface area contributed by atoms with Crippen LogP contribution in [0.5, 0.6) is 5.75 Å². The van der Waals surface area contributed by atoms with Crippen LogP contribution >= 0.6 is 24.0 Å². The van der Waals surface area contributed by atoms with E-state index in [2.05, 4.69) is 5.32 Å². The largest absolute Gasteiger partial charge is 0.484 e. The Hall–Kier alpha value is -3.42. The van der Waals surface area contributed by atoms with Gasteiger partial charge in [0.15, 0.2) is 10.9 Å². The van der Waals surface area contributed by atoms with E-state index >= 15 is 0 Å². The van der Waals surface area contributed by atoms with E-state index in [4.69, 9.17) is 17.0 Å². The molecule has 0 unspecified atom stereocenters. The highest BCUT2D eigenvalue weighted by molar-refractivity contribution is 8.27. The predicted octanol–water partition coefficient (Wildman–Crippen LogP) is 5.42. The topological polar surface area (TPSA) is 58.6 Å². The van der Waals surface area contributed by atoms with Gasteiger partial charge in [0, 0.05) is 5.69 Å². The van der Waals surface area contributed by atoms with Crippen LogP contribution in [0, 0.1) is 6.92 Å². The Labute approximate surface area is 196 Å². The Morgan fingerprint density at radius 3 is 2.41 bits per heavy atom. The minimum atomic E-state index is -0.234. The number of nitrogens with one attached hydrogen (secondary N) is 1. The van der Waals surface area contributed by atoms with Gasteiger partial charge in [-0.3, -0.25) is 14.5 Å². The lowest BCUT2D eigenvalue weighted by Gasteiger charge is -2.13. The summed E-state index contributed by atoms with van der Waals surface area (Å²) in [5.74, 6) is 0.194. The van der Waals surface area contributed by atoms with Crippen LogP contribution in [0.1, 0.15) is 11.1 Å². The SMILES string of the molecule is Cc1ccc(NC(=O)COc2ccc(/C=C3/SC(=S)N(c4ccccc4)C3=O)cc2)cc1. The van der Waals surface area contributed by atoms with Gasteiger partial charge in [0.1, 0.15) is 5.75 Å². The molecule has 0 saturated carbocycles. The third kappa shape index (κ3) is 5.25. The zero-order valence-electron chi connectivity index (χ0n) is 17.3. The van der Waals surface area contributed by atoms with E-state index < -0.39 is 0 Å². The predicted molar refractivity (Wildman–Crippen MR) is 134 cm³/mol. The lowest BCUT2D eigenvalue weighted by Crippen LogP contribution is -2.27. The first-order valence-corrected chi connectivity index (χ1v) is 11.1. The third-order valence-corrected chi connectivity index (χ3v) is 5.99. The van der Waals surface area contributed by atoms with E-state index in [0.717, 1.165) is 22.5 Å². The van der Waals surface area contributed by atoms with Crippen molar-refractivity contribution in [2.24, 2.45) is 0 Å². The first-order chi connectivity index (χ1) is 15.5. The van der Waals surface area contributed by atoms with Gasteiger partial charge in [-0.15, -0.1) is 0 Å². The molecule has 4 rings (SSSR count). The maximum absolute atomic E-state index is 12.8. The van der Waals surface area contributed by atoms with Crippen molar-refractivity contribution in [3.63, 3.8) is 0 Å². The minimum Gasteiger partial charge on any atom is -0.484 e. The highest BCUT2D eigenvalue weighted by Crippen LogP contribution is 2.36. The zero-order chi connectivity index (χ0) is 22.5. The number of benzene rings is 3. The standard InChI is InChI=1S/C25H20N2O3S2/c1-17-7-11-19(12-8-17)26-23(28)16-30-21-13-9-18(10-14-21)15-22-24(29)27(25(31)32-22)20-5-3-2-4-6-20/h2-15H,16H2,1H3,(H,26,28)/b22-15+. The number of amides is 2. The molecule has 1 fully saturated rings. The van der Waals surface area contributed by atoms with Crippen LogP contribution < -0.4 is 15.0 Å². The molecule has 0 aromatic heterocycles. The number of aryl methyl sites for hydroxylation is 1. The van der Waals surface area contributed by atoms with E-state index in [1.807, 2.05) is 73.7 Å². The van der Waals surface area contributed by atoms with Crippen LogP contribution in [0.15, 0.2) is 83.8 Å². The molecule has 3 aromatic carbocycles. The Bertz CT molecular complexity index is 1170. The van der Waals surface area contributed by atoms with Crippen molar-refractivity contribution in [1.29, 1.82) is 0 Å². The average Bonchev–Trinajstić information content (AvgIpc) is 3.08. The maximum atomic E-state index is 12.8. The number of thioether (sulfide) groups is 1. The van der Waals surface area contributed by atoms with Crippen LogP contribution in [0.3, 0.4) is 0 Å². The molecule has 1 aliphatic heterocycles. The second-order valence-corrected chi connectivity index (χ2v) is 8.80. The molecule has 160 valence electrons. The smallest absolute Gasteiger partial charge is 0.270 e. The van der Waals surface area contributed by atoms with Crippen molar-refractivity contribution in [2.75, 3.05) is 16.8 Å². The molecule has 2 amide bonds. The van der Waals surface area contributed by atoms with Gasteiger partial charge in [0.2, 0.25) is 0 Å². The fraction of sp³-hybridized carbons (Fsp3) is 0.0800. The van der Waals surface area contributed by atoms with E-state index in [0.29, 0.717) is 15.0 Å². The van der Waals surface area contributed by atoms with Gasteiger partial charge in [-0.2, -0.15) is 0 Å². The highest BCUT2D eigenvalue weighted by Gasteiger charge is 2.33. The summed E-state index contributed by atoms with van der Waals surface area (Å²) in [5.41, 5.74) is 3.45. The summed E-state index contributed by atoms with van der Waals surface area (Å²) in [7, 11) is 0. The minimum absolute atomic E-state index is 0.0943. The lowest BCUT2D eigenvalue weighted by molar-refractivity contribution is -0.118. The number of rotatable bonds is 6. The zero-order valence-corrected chi connectivity index (χ0v) is 18.9. The van der Waals surface area contributed by atoms with Gasteiger partial charge >= 0.3 is 0 Å². The lowest BCUT2D eigenvalue weighted by atomic mass is 10.2. The van der Waals surface area contributed by atoms with Gasteiger partial charge in [-0.05, 0) is 55.0 Å². The fourth-order valence-corrected chi connectivity index (χ4v) is 4.36. The summed E-state index contributed by atoms with van der Waals surface area (Å²) in [5, 5.41) is 2.80. The fourth-order valence-electron chi connectivity index (χ4n) is 3.06. The second-order valence-electron chi connectivity index (χ2n) is 7.12. The molecule has 1 aliphatic rings. The van der Waals surface area contributed by atoms with Gasteiger partial charge < -0.3 is 10.1 Å². The monoisotopic (exact) mass is 460 g/mol. The van der Waals surface area contributed by atoms with Crippen LogP contribution in [0.4, 0.5) is 11.4 Å². The Morgan fingerprint density at radius 2 is 1.72 bits per heavy atom. The number of nitrogens with zero attached hydrogens (tertiary/aromatic N) is 1. The van der Waals surface area contributed by atoms with Gasteiger partial charge in [0.05, 0.1) is 10.6 Å². The molecular weight excluding hydrogens is 440 g/mol. The van der Waals surface area contributed by atoms with Crippen LogP contribution in [0.2, 0.25) is 0 Å². The van der Waals surface area contributed by atoms with Crippen molar-refractivity contribution < 1.29 is 14.3 Å². The van der Waals surface area contributed by atoms with Crippen LogP contribution in [0.25, 0.3) is 6.08 Å². The summed E-state index contributed by atoms with van der Waals surface area (Å²) in [6.45, 7) is 1.89. The number of para-hydroxylation sites is 1.